The summed E-state index contributed by atoms with van der Waals surface area (Å²) in [6, 6.07) is 6.49. The molecule has 4 rings (SSSR count). The molecule has 5 nitrogen and oxygen atoms in total. The van der Waals surface area contributed by atoms with Crippen molar-refractivity contribution in [2.45, 2.75) is 69.9 Å². The first-order valence-electron chi connectivity index (χ1n) is 10.3. The van der Waals surface area contributed by atoms with Crippen molar-refractivity contribution in [1.82, 2.24) is 14.5 Å². The average Bonchev–Trinajstić information content (AvgIpc) is 2.64. The van der Waals surface area contributed by atoms with E-state index < -0.39 is 11.1 Å². The third kappa shape index (κ3) is 4.06. The van der Waals surface area contributed by atoms with E-state index >= 15 is 0 Å². The van der Waals surface area contributed by atoms with Gasteiger partial charge in [-0.15, -0.1) is 0 Å². The van der Waals surface area contributed by atoms with Crippen molar-refractivity contribution >= 4 is 27.0 Å². The fraction of sp³-hybridized carbons (Fsp3) is 0.619. The fourth-order valence-corrected chi connectivity index (χ4v) is 5.22. The second-order valence-electron chi connectivity index (χ2n) is 8.06. The number of H-pyrrole nitrogens is 1. The summed E-state index contributed by atoms with van der Waals surface area (Å²) in [4.78, 5) is 30.2. The molecule has 0 unspecified atom stereocenters. The van der Waals surface area contributed by atoms with Crippen LogP contribution in [0.1, 0.15) is 63.8 Å². The molecule has 1 aliphatic carbocycles. The quantitative estimate of drug-likeness (QED) is 0.721. The Morgan fingerprint density at radius 1 is 0.889 bits per heavy atom. The first kappa shape index (κ1) is 18.9. The van der Waals surface area contributed by atoms with E-state index in [1.165, 1.54) is 44.9 Å². The zero-order chi connectivity index (χ0) is 18.8. The third-order valence-electron chi connectivity index (χ3n) is 6.34. The van der Waals surface area contributed by atoms with Crippen LogP contribution in [0, 0.1) is 0 Å². The van der Waals surface area contributed by atoms with Gasteiger partial charge in [0.25, 0.3) is 0 Å². The SMILES string of the molecule is O=c1[nH]c2ccc(Br)cc2n(C2CCN(C3CCCCCCC3)CC2)c1=O. The Labute approximate surface area is 167 Å². The van der Waals surface area contributed by atoms with Crippen molar-refractivity contribution in [2.24, 2.45) is 0 Å². The largest absolute Gasteiger partial charge is 0.316 e. The minimum Gasteiger partial charge on any atom is -0.316 e. The van der Waals surface area contributed by atoms with Gasteiger partial charge in [-0.1, -0.05) is 48.0 Å². The Morgan fingerprint density at radius 2 is 1.56 bits per heavy atom. The van der Waals surface area contributed by atoms with E-state index in [9.17, 15) is 9.59 Å². The first-order valence-corrected chi connectivity index (χ1v) is 11.1. The van der Waals surface area contributed by atoms with Crippen molar-refractivity contribution in [3.05, 3.63) is 43.4 Å². The molecule has 0 spiro atoms. The summed E-state index contributed by atoms with van der Waals surface area (Å²) in [5.74, 6) is 0. The topological polar surface area (TPSA) is 58.1 Å². The van der Waals surface area contributed by atoms with Gasteiger partial charge < -0.3 is 9.88 Å². The third-order valence-corrected chi connectivity index (χ3v) is 6.83. The number of hydrogen-bond acceptors (Lipinski definition) is 3. The average molecular weight is 434 g/mol. The summed E-state index contributed by atoms with van der Waals surface area (Å²) in [6.45, 7) is 2.04. The van der Waals surface area contributed by atoms with Crippen LogP contribution in [0.2, 0.25) is 0 Å². The number of rotatable bonds is 2. The zero-order valence-electron chi connectivity index (χ0n) is 15.8. The number of hydrogen-bond donors (Lipinski definition) is 1. The second kappa shape index (κ2) is 8.31. The highest BCUT2D eigenvalue weighted by Crippen LogP contribution is 2.29. The van der Waals surface area contributed by atoms with Gasteiger partial charge in [0.15, 0.2) is 0 Å². The van der Waals surface area contributed by atoms with E-state index in [2.05, 4.69) is 25.8 Å². The van der Waals surface area contributed by atoms with Crippen LogP contribution < -0.4 is 11.1 Å². The van der Waals surface area contributed by atoms with Crippen LogP contribution in [0.4, 0.5) is 0 Å². The molecule has 146 valence electrons. The standard InChI is InChI=1S/C21H28BrN3O2/c22-15-8-9-18-19(14-15)25(21(27)20(26)23-18)17-10-12-24(13-11-17)16-6-4-2-1-3-5-7-16/h8-9,14,16-17H,1-7,10-13H2,(H,23,26). The highest BCUT2D eigenvalue weighted by Gasteiger charge is 2.27. The van der Waals surface area contributed by atoms with Gasteiger partial charge in [0, 0.05) is 29.6 Å². The number of fused-ring (bicyclic) bond motifs is 1. The summed E-state index contributed by atoms with van der Waals surface area (Å²) in [5, 5.41) is 0. The molecule has 2 fully saturated rings. The van der Waals surface area contributed by atoms with Crippen LogP contribution in [-0.2, 0) is 0 Å². The molecule has 1 aliphatic heterocycles. The maximum atomic E-state index is 12.7. The van der Waals surface area contributed by atoms with Crippen molar-refractivity contribution in [3.63, 3.8) is 0 Å². The number of piperidine rings is 1. The number of nitrogens with one attached hydrogen (secondary N) is 1. The van der Waals surface area contributed by atoms with E-state index in [4.69, 9.17) is 0 Å². The zero-order valence-corrected chi connectivity index (χ0v) is 17.3. The van der Waals surface area contributed by atoms with Crippen LogP contribution in [0.15, 0.2) is 32.3 Å². The molecule has 2 aliphatic rings. The first-order chi connectivity index (χ1) is 13.1. The minimum absolute atomic E-state index is 0.0985. The number of aromatic amines is 1. The molecule has 0 radical (unpaired) electrons. The lowest BCUT2D eigenvalue weighted by atomic mass is 9.93. The molecule has 2 aromatic rings. The summed E-state index contributed by atoms with van der Waals surface area (Å²) >= 11 is 3.49. The van der Waals surface area contributed by atoms with Gasteiger partial charge in [-0.05, 0) is 43.9 Å². The van der Waals surface area contributed by atoms with Gasteiger partial charge >= 0.3 is 11.1 Å². The molecule has 27 heavy (non-hydrogen) atoms. The molecule has 1 aromatic heterocycles. The molecule has 6 heteroatoms. The van der Waals surface area contributed by atoms with Gasteiger partial charge in [-0.3, -0.25) is 14.2 Å². The van der Waals surface area contributed by atoms with Gasteiger partial charge in [-0.2, -0.15) is 0 Å². The van der Waals surface area contributed by atoms with Crippen LogP contribution >= 0.6 is 15.9 Å². The number of likely N-dealkylation sites (tertiary alicyclic amines) is 1. The van der Waals surface area contributed by atoms with Gasteiger partial charge in [0.1, 0.15) is 0 Å². The van der Waals surface area contributed by atoms with E-state index in [-0.39, 0.29) is 6.04 Å². The maximum Gasteiger partial charge on any atom is 0.316 e. The monoisotopic (exact) mass is 433 g/mol. The summed E-state index contributed by atoms with van der Waals surface area (Å²) in [7, 11) is 0. The molecule has 0 amide bonds. The smallest absolute Gasteiger partial charge is 0.316 e. The lowest BCUT2D eigenvalue weighted by molar-refractivity contribution is 0.116. The lowest BCUT2D eigenvalue weighted by Gasteiger charge is -2.39. The molecular weight excluding hydrogens is 406 g/mol. The van der Waals surface area contributed by atoms with E-state index in [0.717, 1.165) is 41.4 Å². The maximum absolute atomic E-state index is 12.7. The Balaban J connectivity index is 1.56. The Hall–Kier alpha value is -1.40. The molecule has 0 atom stereocenters. The van der Waals surface area contributed by atoms with Crippen molar-refractivity contribution in [2.75, 3.05) is 13.1 Å². The molecule has 0 bridgehead atoms. The highest BCUT2D eigenvalue weighted by atomic mass is 79.9. The predicted octanol–water partition coefficient (Wildman–Crippen LogP) is 4.20. The van der Waals surface area contributed by atoms with Crippen molar-refractivity contribution < 1.29 is 0 Å². The van der Waals surface area contributed by atoms with E-state index in [1.807, 2.05) is 18.2 Å². The van der Waals surface area contributed by atoms with Gasteiger partial charge in [0.2, 0.25) is 0 Å². The Morgan fingerprint density at radius 3 is 2.26 bits per heavy atom. The normalized spacial score (nSPS) is 21.2. The van der Waals surface area contributed by atoms with Crippen molar-refractivity contribution in [1.29, 1.82) is 0 Å². The highest BCUT2D eigenvalue weighted by molar-refractivity contribution is 9.10. The summed E-state index contributed by atoms with van der Waals surface area (Å²) in [6.07, 6.45) is 11.3. The minimum atomic E-state index is -0.521. The molecular formula is C21H28BrN3O2. The molecule has 1 saturated carbocycles. The molecule has 2 heterocycles. The number of aromatic nitrogens is 2. The predicted molar refractivity (Wildman–Crippen MR) is 112 cm³/mol. The Bertz CT molecular complexity index is 904. The number of halogens is 1. The van der Waals surface area contributed by atoms with Crippen LogP contribution in [-0.4, -0.2) is 33.6 Å². The van der Waals surface area contributed by atoms with Crippen LogP contribution in [0.3, 0.4) is 0 Å². The van der Waals surface area contributed by atoms with E-state index in [1.54, 1.807) is 4.57 Å². The summed E-state index contributed by atoms with van der Waals surface area (Å²) in [5.41, 5.74) is 0.598. The molecule has 1 aromatic carbocycles. The van der Waals surface area contributed by atoms with Crippen LogP contribution in [0.5, 0.6) is 0 Å². The number of benzene rings is 1. The molecule has 1 saturated heterocycles. The Kier molecular flexibility index (Phi) is 5.83. The number of nitrogens with zero attached hydrogens (tertiary/aromatic N) is 2. The molecule has 1 N–H and O–H groups in total. The lowest BCUT2D eigenvalue weighted by Crippen LogP contribution is -2.45. The summed E-state index contributed by atoms with van der Waals surface area (Å²) < 4.78 is 2.66. The fourth-order valence-electron chi connectivity index (χ4n) is 4.88. The van der Waals surface area contributed by atoms with Gasteiger partial charge in [-0.25, -0.2) is 0 Å². The second-order valence-corrected chi connectivity index (χ2v) is 8.97. The van der Waals surface area contributed by atoms with E-state index in [0.29, 0.717) is 6.04 Å². The van der Waals surface area contributed by atoms with Crippen LogP contribution in [0.25, 0.3) is 11.0 Å². The van der Waals surface area contributed by atoms with Gasteiger partial charge in [0.05, 0.1) is 11.0 Å². The van der Waals surface area contributed by atoms with Crippen molar-refractivity contribution in [3.8, 4) is 0 Å².